The minimum atomic E-state index is -3.13. The molecule has 0 aromatic heterocycles. The third-order valence-electron chi connectivity index (χ3n) is 3.91. The van der Waals surface area contributed by atoms with Crippen LogP contribution in [0.1, 0.15) is 16.8 Å². The van der Waals surface area contributed by atoms with Gasteiger partial charge in [0.25, 0.3) is 5.91 Å². The van der Waals surface area contributed by atoms with Crippen molar-refractivity contribution in [3.63, 3.8) is 0 Å². The number of benzene rings is 2. The van der Waals surface area contributed by atoms with Crippen molar-refractivity contribution in [3.8, 4) is 0 Å². The van der Waals surface area contributed by atoms with E-state index in [1.165, 1.54) is 0 Å². The molecule has 1 heterocycles. The number of rotatable bonds is 2. The number of nitrogens with one attached hydrogen (secondary N) is 2. The van der Waals surface area contributed by atoms with E-state index in [0.29, 0.717) is 12.0 Å². The molecule has 0 saturated carbocycles. The lowest BCUT2D eigenvalue weighted by Gasteiger charge is -2.11. The van der Waals surface area contributed by atoms with Gasteiger partial charge in [-0.15, -0.1) is 0 Å². The van der Waals surface area contributed by atoms with Crippen molar-refractivity contribution >= 4 is 32.4 Å². The second-order valence-electron chi connectivity index (χ2n) is 5.61. The van der Waals surface area contributed by atoms with Gasteiger partial charge in [-0.2, -0.15) is 0 Å². The molecular formula is C16H16N2O4S. The SMILES string of the molecule is O=C(NNC(=O)C1CCS(=O)(=O)C1)c1ccc2ccccc2c1. The largest absolute Gasteiger partial charge is 0.273 e. The average molecular weight is 332 g/mol. The zero-order valence-electron chi connectivity index (χ0n) is 12.3. The van der Waals surface area contributed by atoms with Crippen LogP contribution in [-0.4, -0.2) is 31.7 Å². The molecule has 1 aliphatic heterocycles. The van der Waals surface area contributed by atoms with E-state index in [-0.39, 0.29) is 11.5 Å². The second kappa shape index (κ2) is 6.00. The first-order valence-corrected chi connectivity index (χ1v) is 9.06. The molecule has 2 N–H and O–H groups in total. The highest BCUT2D eigenvalue weighted by atomic mass is 32.2. The molecule has 3 rings (SSSR count). The summed E-state index contributed by atoms with van der Waals surface area (Å²) in [6.45, 7) is 0. The Hall–Kier alpha value is -2.41. The molecule has 2 aromatic rings. The van der Waals surface area contributed by atoms with Gasteiger partial charge < -0.3 is 0 Å². The van der Waals surface area contributed by atoms with Crippen LogP contribution in [0.3, 0.4) is 0 Å². The highest BCUT2D eigenvalue weighted by Gasteiger charge is 2.33. The summed E-state index contributed by atoms with van der Waals surface area (Å²) in [5, 5.41) is 1.94. The van der Waals surface area contributed by atoms with Crippen molar-refractivity contribution in [1.29, 1.82) is 0 Å². The topological polar surface area (TPSA) is 92.3 Å². The lowest BCUT2D eigenvalue weighted by Crippen LogP contribution is -2.44. The Balaban J connectivity index is 1.63. The van der Waals surface area contributed by atoms with Crippen LogP contribution < -0.4 is 10.9 Å². The van der Waals surface area contributed by atoms with Crippen molar-refractivity contribution in [2.24, 2.45) is 5.92 Å². The smallest absolute Gasteiger partial charge is 0.269 e. The molecule has 7 heteroatoms. The van der Waals surface area contributed by atoms with Crippen LogP contribution in [0.2, 0.25) is 0 Å². The standard InChI is InChI=1S/C16H16N2O4S/c19-15(13-6-5-11-3-1-2-4-12(11)9-13)17-18-16(20)14-7-8-23(21,22)10-14/h1-6,9,14H,7-8,10H2,(H,17,19)(H,18,20). The number of hydrogen-bond acceptors (Lipinski definition) is 4. The van der Waals surface area contributed by atoms with E-state index in [0.717, 1.165) is 10.8 Å². The number of hydrogen-bond donors (Lipinski definition) is 2. The lowest BCUT2D eigenvalue weighted by atomic mass is 10.1. The van der Waals surface area contributed by atoms with E-state index in [1.54, 1.807) is 12.1 Å². The van der Waals surface area contributed by atoms with Gasteiger partial charge in [-0.05, 0) is 29.3 Å². The van der Waals surface area contributed by atoms with Crippen LogP contribution in [0.5, 0.6) is 0 Å². The minimum absolute atomic E-state index is 0.0176. The average Bonchev–Trinajstić information content (AvgIpc) is 2.92. The number of sulfone groups is 1. The van der Waals surface area contributed by atoms with Crippen molar-refractivity contribution in [3.05, 3.63) is 48.0 Å². The number of amides is 2. The summed E-state index contributed by atoms with van der Waals surface area (Å²) < 4.78 is 22.7. The summed E-state index contributed by atoms with van der Waals surface area (Å²) in [5.74, 6) is -1.66. The van der Waals surface area contributed by atoms with Gasteiger partial charge in [0.15, 0.2) is 9.84 Å². The molecular weight excluding hydrogens is 316 g/mol. The molecule has 6 nitrogen and oxygen atoms in total. The molecule has 2 amide bonds. The summed E-state index contributed by atoms with van der Waals surface area (Å²) in [6, 6.07) is 12.9. The zero-order chi connectivity index (χ0) is 16.4. The Morgan fingerprint density at radius 3 is 2.43 bits per heavy atom. The molecule has 0 aliphatic carbocycles. The van der Waals surface area contributed by atoms with E-state index < -0.39 is 27.6 Å². The number of hydrazine groups is 1. The van der Waals surface area contributed by atoms with Gasteiger partial charge in [-0.25, -0.2) is 8.42 Å². The first kappa shape index (κ1) is 15.5. The van der Waals surface area contributed by atoms with Gasteiger partial charge >= 0.3 is 0 Å². The maximum atomic E-state index is 12.1. The third-order valence-corrected chi connectivity index (χ3v) is 5.68. The molecule has 23 heavy (non-hydrogen) atoms. The van der Waals surface area contributed by atoms with Crippen LogP contribution in [0, 0.1) is 5.92 Å². The van der Waals surface area contributed by atoms with Gasteiger partial charge in [-0.3, -0.25) is 20.4 Å². The minimum Gasteiger partial charge on any atom is -0.273 e. The summed E-state index contributed by atoms with van der Waals surface area (Å²) in [7, 11) is -3.13. The van der Waals surface area contributed by atoms with Crippen molar-refractivity contribution in [1.82, 2.24) is 10.9 Å². The normalized spacial score (nSPS) is 19.4. The third kappa shape index (κ3) is 3.50. The molecule has 1 aliphatic rings. The zero-order valence-corrected chi connectivity index (χ0v) is 13.1. The quantitative estimate of drug-likeness (QED) is 0.804. The first-order valence-electron chi connectivity index (χ1n) is 7.24. The van der Waals surface area contributed by atoms with Crippen LogP contribution in [0.15, 0.2) is 42.5 Å². The monoisotopic (exact) mass is 332 g/mol. The van der Waals surface area contributed by atoms with E-state index in [4.69, 9.17) is 0 Å². The summed E-state index contributed by atoms with van der Waals surface area (Å²) in [6.07, 6.45) is 0.292. The molecule has 0 radical (unpaired) electrons. The Morgan fingerprint density at radius 2 is 1.74 bits per heavy atom. The first-order chi connectivity index (χ1) is 10.9. The fourth-order valence-electron chi connectivity index (χ4n) is 2.62. The van der Waals surface area contributed by atoms with Gasteiger partial charge in [0.1, 0.15) is 0 Å². The van der Waals surface area contributed by atoms with Gasteiger partial charge in [0, 0.05) is 5.56 Å². The highest BCUT2D eigenvalue weighted by Crippen LogP contribution is 2.18. The van der Waals surface area contributed by atoms with Gasteiger partial charge in [0.05, 0.1) is 17.4 Å². The van der Waals surface area contributed by atoms with Crippen LogP contribution in [-0.2, 0) is 14.6 Å². The molecule has 0 spiro atoms. The Bertz CT molecular complexity index is 877. The molecule has 1 saturated heterocycles. The van der Waals surface area contributed by atoms with E-state index >= 15 is 0 Å². The second-order valence-corrected chi connectivity index (χ2v) is 7.83. The molecule has 1 atom stereocenters. The Labute approximate surface area is 133 Å². The Morgan fingerprint density at radius 1 is 1.00 bits per heavy atom. The molecule has 1 unspecified atom stereocenters. The summed E-state index contributed by atoms with van der Waals surface area (Å²) >= 11 is 0. The maximum absolute atomic E-state index is 12.1. The van der Waals surface area contributed by atoms with Crippen LogP contribution in [0.25, 0.3) is 10.8 Å². The maximum Gasteiger partial charge on any atom is 0.269 e. The predicted molar refractivity (Wildman–Crippen MR) is 86.3 cm³/mol. The van der Waals surface area contributed by atoms with E-state index in [2.05, 4.69) is 10.9 Å². The van der Waals surface area contributed by atoms with E-state index in [9.17, 15) is 18.0 Å². The fourth-order valence-corrected chi connectivity index (χ4v) is 4.37. The van der Waals surface area contributed by atoms with E-state index in [1.807, 2.05) is 30.3 Å². The number of carbonyl (C=O) groups excluding carboxylic acids is 2. The lowest BCUT2D eigenvalue weighted by molar-refractivity contribution is -0.125. The predicted octanol–water partition coefficient (Wildman–Crippen LogP) is 1.04. The molecule has 0 bridgehead atoms. The molecule has 2 aromatic carbocycles. The van der Waals surface area contributed by atoms with Crippen molar-refractivity contribution in [2.45, 2.75) is 6.42 Å². The van der Waals surface area contributed by atoms with Crippen LogP contribution in [0.4, 0.5) is 0 Å². The van der Waals surface area contributed by atoms with Crippen molar-refractivity contribution in [2.75, 3.05) is 11.5 Å². The van der Waals surface area contributed by atoms with Gasteiger partial charge in [0.2, 0.25) is 5.91 Å². The summed E-state index contributed by atoms with van der Waals surface area (Å²) in [5.41, 5.74) is 5.06. The Kier molecular flexibility index (Phi) is 4.04. The van der Waals surface area contributed by atoms with Crippen molar-refractivity contribution < 1.29 is 18.0 Å². The number of carbonyl (C=O) groups is 2. The van der Waals surface area contributed by atoms with Crippen LogP contribution >= 0.6 is 0 Å². The fraction of sp³-hybridized carbons (Fsp3) is 0.250. The van der Waals surface area contributed by atoms with Gasteiger partial charge in [-0.1, -0.05) is 30.3 Å². The molecule has 1 fully saturated rings. The highest BCUT2D eigenvalue weighted by molar-refractivity contribution is 7.91. The summed E-state index contributed by atoms with van der Waals surface area (Å²) in [4.78, 5) is 24.0. The number of fused-ring (bicyclic) bond motifs is 1. The molecule has 120 valence electrons.